The Morgan fingerprint density at radius 1 is 1.53 bits per heavy atom. The molecule has 5 nitrogen and oxygen atoms in total. The summed E-state index contributed by atoms with van der Waals surface area (Å²) in [6.45, 7) is 1.01. The molecule has 0 aromatic carbocycles. The van der Waals surface area contributed by atoms with E-state index < -0.39 is 5.54 Å². The fourth-order valence-corrected chi connectivity index (χ4v) is 1.84. The summed E-state index contributed by atoms with van der Waals surface area (Å²) in [4.78, 5) is 16.0. The molecule has 1 fully saturated rings. The van der Waals surface area contributed by atoms with Crippen LogP contribution >= 0.6 is 11.6 Å². The number of aromatic nitrogens is 1. The molecule has 1 aliphatic rings. The summed E-state index contributed by atoms with van der Waals surface area (Å²) in [7, 11) is 0. The van der Waals surface area contributed by atoms with Crippen LogP contribution in [0.3, 0.4) is 0 Å². The lowest BCUT2D eigenvalue weighted by atomic mass is 9.90. The predicted octanol–water partition coefficient (Wildman–Crippen LogP) is 1.18. The van der Waals surface area contributed by atoms with Crippen molar-refractivity contribution in [2.75, 3.05) is 18.5 Å². The molecule has 0 radical (unpaired) electrons. The quantitative estimate of drug-likeness (QED) is 0.832. The van der Waals surface area contributed by atoms with E-state index in [9.17, 15) is 4.79 Å². The second-order valence-corrected chi connectivity index (χ2v) is 4.52. The topological polar surface area (TPSA) is 77.2 Å². The van der Waals surface area contributed by atoms with Crippen LogP contribution in [0.25, 0.3) is 0 Å². The third kappa shape index (κ3) is 2.94. The van der Waals surface area contributed by atoms with Gasteiger partial charge in [-0.25, -0.2) is 4.98 Å². The summed E-state index contributed by atoms with van der Waals surface area (Å²) in [5, 5.41) is 3.20. The summed E-state index contributed by atoms with van der Waals surface area (Å²) >= 11 is 5.81. The number of carbonyl (C=O) groups excluding carboxylic acids is 1. The van der Waals surface area contributed by atoms with Crippen molar-refractivity contribution in [3.63, 3.8) is 0 Å². The average molecular weight is 256 g/mol. The number of pyridine rings is 1. The highest BCUT2D eigenvalue weighted by Gasteiger charge is 2.36. The molecule has 92 valence electrons. The Labute approximate surface area is 104 Å². The van der Waals surface area contributed by atoms with Gasteiger partial charge in [-0.05, 0) is 25.0 Å². The maximum Gasteiger partial charge on any atom is 0.245 e. The van der Waals surface area contributed by atoms with E-state index in [1.165, 1.54) is 6.20 Å². The summed E-state index contributed by atoms with van der Waals surface area (Å²) in [6.07, 6.45) is 2.56. The van der Waals surface area contributed by atoms with Gasteiger partial charge in [0.2, 0.25) is 5.91 Å². The van der Waals surface area contributed by atoms with Crippen molar-refractivity contribution in [1.82, 2.24) is 4.98 Å². The van der Waals surface area contributed by atoms with Crippen molar-refractivity contribution < 1.29 is 9.53 Å². The van der Waals surface area contributed by atoms with E-state index in [-0.39, 0.29) is 5.91 Å². The zero-order chi connectivity index (χ0) is 12.3. The van der Waals surface area contributed by atoms with E-state index in [2.05, 4.69) is 10.3 Å². The van der Waals surface area contributed by atoms with E-state index in [1.54, 1.807) is 12.1 Å². The van der Waals surface area contributed by atoms with Crippen LogP contribution in [0, 0.1) is 0 Å². The fraction of sp³-hybridized carbons (Fsp3) is 0.455. The van der Waals surface area contributed by atoms with Crippen LogP contribution in [0.4, 0.5) is 5.82 Å². The number of nitrogens with one attached hydrogen (secondary N) is 1. The molecule has 0 saturated carbocycles. The lowest BCUT2D eigenvalue weighted by Gasteiger charge is -2.31. The second-order valence-electron chi connectivity index (χ2n) is 4.08. The average Bonchev–Trinajstić information content (AvgIpc) is 2.30. The molecule has 1 aliphatic heterocycles. The third-order valence-corrected chi connectivity index (χ3v) is 3.04. The Morgan fingerprint density at radius 3 is 2.88 bits per heavy atom. The normalized spacial score (nSPS) is 18.7. The lowest BCUT2D eigenvalue weighted by Crippen LogP contribution is -2.54. The third-order valence-electron chi connectivity index (χ3n) is 2.80. The van der Waals surface area contributed by atoms with E-state index in [0.717, 1.165) is 0 Å². The Morgan fingerprint density at radius 2 is 2.24 bits per heavy atom. The van der Waals surface area contributed by atoms with E-state index in [4.69, 9.17) is 22.1 Å². The fourth-order valence-electron chi connectivity index (χ4n) is 1.68. The predicted molar refractivity (Wildman–Crippen MR) is 64.8 cm³/mol. The van der Waals surface area contributed by atoms with Crippen LogP contribution in [0.5, 0.6) is 0 Å². The van der Waals surface area contributed by atoms with E-state index >= 15 is 0 Å². The molecule has 0 bridgehead atoms. The van der Waals surface area contributed by atoms with Gasteiger partial charge in [-0.15, -0.1) is 0 Å². The molecule has 0 atom stereocenters. The maximum atomic E-state index is 12.0. The van der Waals surface area contributed by atoms with Gasteiger partial charge in [-0.3, -0.25) is 4.79 Å². The van der Waals surface area contributed by atoms with E-state index in [0.29, 0.717) is 36.9 Å². The number of carbonyl (C=O) groups is 1. The van der Waals surface area contributed by atoms with Crippen molar-refractivity contribution in [2.24, 2.45) is 5.73 Å². The van der Waals surface area contributed by atoms with Crippen molar-refractivity contribution >= 4 is 23.3 Å². The maximum absolute atomic E-state index is 12.0. The van der Waals surface area contributed by atoms with Crippen LogP contribution < -0.4 is 11.1 Å². The van der Waals surface area contributed by atoms with Gasteiger partial charge in [-0.2, -0.15) is 0 Å². The number of amides is 1. The minimum atomic E-state index is -0.873. The number of nitrogens with two attached hydrogens (primary N) is 1. The van der Waals surface area contributed by atoms with Gasteiger partial charge in [0, 0.05) is 24.4 Å². The van der Waals surface area contributed by atoms with Crippen LogP contribution in [0.2, 0.25) is 5.02 Å². The monoisotopic (exact) mass is 255 g/mol. The minimum Gasteiger partial charge on any atom is -0.381 e. The van der Waals surface area contributed by atoms with Gasteiger partial charge in [-0.1, -0.05) is 11.6 Å². The number of hydrogen-bond acceptors (Lipinski definition) is 4. The summed E-state index contributed by atoms with van der Waals surface area (Å²) in [5.74, 6) is 0.175. The number of hydrogen-bond donors (Lipinski definition) is 2. The van der Waals surface area contributed by atoms with Crippen LogP contribution in [-0.4, -0.2) is 29.6 Å². The van der Waals surface area contributed by atoms with Crippen molar-refractivity contribution in [3.05, 3.63) is 23.4 Å². The van der Waals surface area contributed by atoms with Crippen molar-refractivity contribution in [1.29, 1.82) is 0 Å². The van der Waals surface area contributed by atoms with Gasteiger partial charge >= 0.3 is 0 Å². The highest BCUT2D eigenvalue weighted by atomic mass is 35.5. The first-order valence-corrected chi connectivity index (χ1v) is 5.78. The molecule has 0 unspecified atom stereocenters. The standard InChI is InChI=1S/C11H14ClN3O2/c12-8-1-4-14-9(7-8)15-10(16)11(13)2-5-17-6-3-11/h1,4,7H,2-3,5-6,13H2,(H,14,15,16). The zero-order valence-corrected chi connectivity index (χ0v) is 10.0. The van der Waals surface area contributed by atoms with Gasteiger partial charge in [0.25, 0.3) is 0 Å². The minimum absolute atomic E-state index is 0.240. The molecule has 3 N–H and O–H groups in total. The second kappa shape index (κ2) is 5.00. The first-order valence-electron chi connectivity index (χ1n) is 5.40. The summed E-state index contributed by atoms with van der Waals surface area (Å²) < 4.78 is 5.19. The Kier molecular flexibility index (Phi) is 3.61. The Bertz CT molecular complexity index is 419. The number of rotatable bonds is 2. The molecule has 1 aromatic heterocycles. The molecule has 1 aromatic rings. The van der Waals surface area contributed by atoms with Gasteiger partial charge < -0.3 is 15.8 Å². The highest BCUT2D eigenvalue weighted by molar-refractivity contribution is 6.30. The van der Waals surface area contributed by atoms with Gasteiger partial charge in [0.1, 0.15) is 11.4 Å². The highest BCUT2D eigenvalue weighted by Crippen LogP contribution is 2.20. The smallest absolute Gasteiger partial charge is 0.245 e. The molecular weight excluding hydrogens is 242 g/mol. The van der Waals surface area contributed by atoms with Crippen LogP contribution in [-0.2, 0) is 9.53 Å². The first kappa shape index (κ1) is 12.3. The van der Waals surface area contributed by atoms with Crippen molar-refractivity contribution in [3.8, 4) is 0 Å². The molecule has 2 rings (SSSR count). The molecule has 1 amide bonds. The largest absolute Gasteiger partial charge is 0.381 e. The molecule has 1 saturated heterocycles. The zero-order valence-electron chi connectivity index (χ0n) is 9.28. The first-order chi connectivity index (χ1) is 8.10. The lowest BCUT2D eigenvalue weighted by molar-refractivity contribution is -0.124. The number of halogens is 1. The number of ether oxygens (including phenoxy) is 1. The van der Waals surface area contributed by atoms with Gasteiger partial charge in [0.15, 0.2) is 0 Å². The molecule has 6 heteroatoms. The molecule has 2 heterocycles. The number of nitrogens with zero attached hydrogens (tertiary/aromatic N) is 1. The Hall–Kier alpha value is -1.17. The van der Waals surface area contributed by atoms with Crippen molar-refractivity contribution in [2.45, 2.75) is 18.4 Å². The number of anilines is 1. The van der Waals surface area contributed by atoms with Crippen LogP contribution in [0.1, 0.15) is 12.8 Å². The molecule has 0 aliphatic carbocycles. The van der Waals surface area contributed by atoms with E-state index in [1.807, 2.05) is 0 Å². The SMILES string of the molecule is NC1(C(=O)Nc2cc(Cl)ccn2)CCOCC1. The van der Waals surface area contributed by atoms with Crippen LogP contribution in [0.15, 0.2) is 18.3 Å². The molecular formula is C11H14ClN3O2. The molecule has 17 heavy (non-hydrogen) atoms. The summed E-state index contributed by atoms with van der Waals surface area (Å²) in [6, 6.07) is 3.23. The Balaban J connectivity index is 2.05. The summed E-state index contributed by atoms with van der Waals surface area (Å²) in [5.41, 5.74) is 5.16. The van der Waals surface area contributed by atoms with Gasteiger partial charge in [0.05, 0.1) is 0 Å². The molecule has 0 spiro atoms.